The van der Waals surface area contributed by atoms with Crippen molar-refractivity contribution < 1.29 is 4.39 Å². The Morgan fingerprint density at radius 3 is 2.76 bits per heavy atom. The molecular weight excluding hydrogens is 413 g/mol. The minimum absolute atomic E-state index is 0.295. The number of hydrogen-bond donors (Lipinski definition) is 1. The average molecular weight is 438 g/mol. The highest BCUT2D eigenvalue weighted by molar-refractivity contribution is 5.83. The first-order valence-corrected chi connectivity index (χ1v) is 10.6. The molecule has 0 spiro atoms. The summed E-state index contributed by atoms with van der Waals surface area (Å²) in [6.07, 6.45) is 10.6. The molecule has 0 fully saturated rings. The van der Waals surface area contributed by atoms with E-state index in [0.717, 1.165) is 27.7 Å². The predicted octanol–water partition coefficient (Wildman–Crippen LogP) is 6.37. The van der Waals surface area contributed by atoms with E-state index in [1.807, 2.05) is 68.5 Å². The Kier molecular flexibility index (Phi) is 6.64. The van der Waals surface area contributed by atoms with Crippen LogP contribution in [0.2, 0.25) is 0 Å². The van der Waals surface area contributed by atoms with E-state index in [9.17, 15) is 4.39 Å². The van der Waals surface area contributed by atoms with E-state index in [1.165, 1.54) is 6.07 Å². The number of pyridine rings is 2. The van der Waals surface area contributed by atoms with Gasteiger partial charge in [0.2, 0.25) is 5.95 Å². The average Bonchev–Trinajstić information content (AvgIpc) is 2.82. The predicted molar refractivity (Wildman–Crippen MR) is 132 cm³/mol. The molecule has 0 radical (unpaired) electrons. The SMILES string of the molecule is C=C(C)/C=C(\C=C/C)c1ncc(CNc2nccc(-c3ccc4ncccc4c3)n2)cc1F. The van der Waals surface area contributed by atoms with Gasteiger partial charge in [0, 0.05) is 41.7 Å². The second-order valence-corrected chi connectivity index (χ2v) is 7.65. The maximum absolute atomic E-state index is 14.8. The molecule has 3 aromatic heterocycles. The number of nitrogens with one attached hydrogen (secondary N) is 1. The Morgan fingerprint density at radius 1 is 1.09 bits per heavy atom. The number of allylic oxidation sites excluding steroid dienone is 5. The van der Waals surface area contributed by atoms with E-state index in [4.69, 9.17) is 0 Å². The summed E-state index contributed by atoms with van der Waals surface area (Å²) in [6.45, 7) is 7.96. The molecule has 0 saturated carbocycles. The molecule has 5 nitrogen and oxygen atoms in total. The molecule has 4 rings (SSSR count). The van der Waals surface area contributed by atoms with Crippen LogP contribution in [0.5, 0.6) is 0 Å². The molecule has 4 aromatic rings. The van der Waals surface area contributed by atoms with Crippen molar-refractivity contribution in [2.45, 2.75) is 20.4 Å². The van der Waals surface area contributed by atoms with Gasteiger partial charge in [0.25, 0.3) is 0 Å². The highest BCUT2D eigenvalue weighted by Crippen LogP contribution is 2.23. The van der Waals surface area contributed by atoms with Crippen molar-refractivity contribution in [3.63, 3.8) is 0 Å². The molecule has 0 aliphatic carbocycles. The van der Waals surface area contributed by atoms with Gasteiger partial charge in [-0.1, -0.05) is 42.5 Å². The first-order chi connectivity index (χ1) is 16.0. The molecule has 1 aromatic carbocycles. The van der Waals surface area contributed by atoms with Crippen LogP contribution >= 0.6 is 0 Å². The summed E-state index contributed by atoms with van der Waals surface area (Å²) in [7, 11) is 0. The van der Waals surface area contributed by atoms with Crippen molar-refractivity contribution >= 4 is 22.4 Å². The maximum Gasteiger partial charge on any atom is 0.223 e. The number of anilines is 1. The van der Waals surface area contributed by atoms with Gasteiger partial charge in [0.05, 0.1) is 11.2 Å². The third-order valence-corrected chi connectivity index (χ3v) is 4.92. The zero-order valence-electron chi connectivity index (χ0n) is 18.6. The smallest absolute Gasteiger partial charge is 0.223 e. The molecule has 0 saturated heterocycles. The van der Waals surface area contributed by atoms with E-state index in [2.05, 4.69) is 31.8 Å². The van der Waals surface area contributed by atoms with Crippen molar-refractivity contribution in [2.24, 2.45) is 0 Å². The number of rotatable bonds is 7. The van der Waals surface area contributed by atoms with Gasteiger partial charge in [0.1, 0.15) is 11.5 Å². The van der Waals surface area contributed by atoms with Gasteiger partial charge >= 0.3 is 0 Å². The standard InChI is InChI=1S/C27H24FN5/c1-4-6-22(13-18(2)3)26-23(28)14-19(16-31-26)17-32-27-30-12-10-25(33-27)21-8-9-24-20(15-21)7-5-11-29-24/h4-16H,2,17H2,1,3H3,(H,30,32,33)/b6-4-,22-13+. The van der Waals surface area contributed by atoms with Crippen LogP contribution in [0.4, 0.5) is 10.3 Å². The minimum atomic E-state index is -0.389. The van der Waals surface area contributed by atoms with Crippen LogP contribution in [0.3, 0.4) is 0 Å². The second kappa shape index (κ2) is 9.96. The maximum atomic E-state index is 14.8. The fraction of sp³-hybridized carbons (Fsp3) is 0.111. The van der Waals surface area contributed by atoms with Crippen LogP contribution in [0, 0.1) is 5.82 Å². The topological polar surface area (TPSA) is 63.6 Å². The van der Waals surface area contributed by atoms with E-state index in [-0.39, 0.29) is 5.82 Å². The summed E-state index contributed by atoms with van der Waals surface area (Å²) in [5, 5.41) is 4.20. The lowest BCUT2D eigenvalue weighted by Crippen LogP contribution is -2.06. The molecule has 0 unspecified atom stereocenters. The molecular formula is C27H24FN5. The molecule has 0 aliphatic rings. The van der Waals surface area contributed by atoms with Crippen molar-refractivity contribution in [3.8, 4) is 11.3 Å². The molecule has 0 aliphatic heterocycles. The normalized spacial score (nSPS) is 11.8. The van der Waals surface area contributed by atoms with Gasteiger partial charge in [0.15, 0.2) is 0 Å². The number of fused-ring (bicyclic) bond motifs is 1. The first-order valence-electron chi connectivity index (χ1n) is 10.6. The Hall–Kier alpha value is -4.19. The van der Waals surface area contributed by atoms with Gasteiger partial charge in [-0.3, -0.25) is 9.97 Å². The van der Waals surface area contributed by atoms with Crippen LogP contribution in [0.1, 0.15) is 25.1 Å². The fourth-order valence-corrected chi connectivity index (χ4v) is 3.45. The monoisotopic (exact) mass is 437 g/mol. The number of benzene rings is 1. The Morgan fingerprint density at radius 2 is 1.97 bits per heavy atom. The lowest BCUT2D eigenvalue weighted by atomic mass is 10.1. The zero-order valence-corrected chi connectivity index (χ0v) is 18.6. The quantitative estimate of drug-likeness (QED) is 0.340. The molecule has 0 amide bonds. The zero-order chi connectivity index (χ0) is 23.2. The molecule has 6 heteroatoms. The van der Waals surface area contributed by atoms with Gasteiger partial charge in [-0.25, -0.2) is 14.4 Å². The lowest BCUT2D eigenvalue weighted by molar-refractivity contribution is 0.614. The summed E-state index contributed by atoms with van der Waals surface area (Å²) in [4.78, 5) is 17.6. The third kappa shape index (κ3) is 5.36. The molecule has 0 atom stereocenters. The van der Waals surface area contributed by atoms with E-state index < -0.39 is 0 Å². The van der Waals surface area contributed by atoms with Crippen LogP contribution in [-0.4, -0.2) is 19.9 Å². The summed E-state index contributed by atoms with van der Waals surface area (Å²) in [5.41, 5.74) is 5.19. The van der Waals surface area contributed by atoms with Crippen LogP contribution in [0.25, 0.3) is 27.7 Å². The van der Waals surface area contributed by atoms with E-state index in [0.29, 0.717) is 29.3 Å². The van der Waals surface area contributed by atoms with Crippen molar-refractivity contribution in [3.05, 3.63) is 109 Å². The number of hydrogen-bond acceptors (Lipinski definition) is 5. The molecule has 164 valence electrons. The third-order valence-electron chi connectivity index (χ3n) is 4.92. The molecule has 0 bridgehead atoms. The number of aromatic nitrogens is 4. The van der Waals surface area contributed by atoms with E-state index in [1.54, 1.807) is 18.6 Å². The van der Waals surface area contributed by atoms with Gasteiger partial charge < -0.3 is 5.32 Å². The summed E-state index contributed by atoms with van der Waals surface area (Å²) in [6, 6.07) is 13.3. The lowest BCUT2D eigenvalue weighted by Gasteiger charge is -2.09. The van der Waals surface area contributed by atoms with Crippen molar-refractivity contribution in [2.75, 3.05) is 5.32 Å². The first kappa shape index (κ1) is 22.0. The second-order valence-electron chi connectivity index (χ2n) is 7.65. The summed E-state index contributed by atoms with van der Waals surface area (Å²) >= 11 is 0. The molecule has 3 heterocycles. The fourth-order valence-electron chi connectivity index (χ4n) is 3.45. The minimum Gasteiger partial charge on any atom is -0.350 e. The Bertz CT molecular complexity index is 1370. The summed E-state index contributed by atoms with van der Waals surface area (Å²) < 4.78 is 14.8. The van der Waals surface area contributed by atoms with Crippen molar-refractivity contribution in [1.82, 2.24) is 19.9 Å². The van der Waals surface area contributed by atoms with Crippen LogP contribution in [0.15, 0.2) is 91.4 Å². The highest BCUT2D eigenvalue weighted by atomic mass is 19.1. The number of halogens is 1. The highest BCUT2D eigenvalue weighted by Gasteiger charge is 2.10. The van der Waals surface area contributed by atoms with Gasteiger partial charge in [-0.2, -0.15) is 0 Å². The van der Waals surface area contributed by atoms with Crippen LogP contribution < -0.4 is 5.32 Å². The van der Waals surface area contributed by atoms with E-state index >= 15 is 0 Å². The van der Waals surface area contributed by atoms with Gasteiger partial charge in [-0.05, 0) is 49.7 Å². The van der Waals surface area contributed by atoms with Gasteiger partial charge in [-0.15, -0.1) is 0 Å². The Balaban J connectivity index is 1.51. The molecule has 1 N–H and O–H groups in total. The summed E-state index contributed by atoms with van der Waals surface area (Å²) in [5.74, 6) is 0.0689. The van der Waals surface area contributed by atoms with Crippen molar-refractivity contribution in [1.29, 1.82) is 0 Å². The Labute approximate surface area is 192 Å². The number of nitrogens with zero attached hydrogens (tertiary/aromatic N) is 4. The molecule has 33 heavy (non-hydrogen) atoms. The van der Waals surface area contributed by atoms with Crippen LogP contribution in [-0.2, 0) is 6.54 Å². The largest absolute Gasteiger partial charge is 0.350 e.